The number of rotatable bonds is 6. The summed E-state index contributed by atoms with van der Waals surface area (Å²) in [4.78, 5) is 32.3. The van der Waals surface area contributed by atoms with E-state index in [1.165, 1.54) is 6.92 Å². The predicted molar refractivity (Wildman–Crippen MR) is 51.6 cm³/mol. The molecule has 0 saturated heterocycles. The Balaban J connectivity index is 4.13. The Morgan fingerprint density at radius 3 is 2.27 bits per heavy atom. The molecule has 0 bridgehead atoms. The van der Waals surface area contributed by atoms with Gasteiger partial charge in [-0.1, -0.05) is 6.92 Å². The summed E-state index contributed by atoms with van der Waals surface area (Å²) >= 11 is 0. The van der Waals surface area contributed by atoms with E-state index >= 15 is 0 Å². The molecule has 0 fully saturated rings. The number of nitrogens with one attached hydrogen (secondary N) is 1. The lowest BCUT2D eigenvalue weighted by atomic mass is 10.1. The quantitative estimate of drug-likeness (QED) is 0.409. The summed E-state index contributed by atoms with van der Waals surface area (Å²) in [6.07, 6.45) is -0.209. The molecule has 0 aromatic rings. The second kappa shape index (κ2) is 5.97. The molecule has 0 aromatic heterocycles. The van der Waals surface area contributed by atoms with Crippen molar-refractivity contribution >= 4 is 17.8 Å². The fraction of sp³-hybridized carbons (Fsp3) is 0.625. The molecule has 0 aliphatic rings. The number of primary amides is 1. The minimum atomic E-state index is -1.08. The van der Waals surface area contributed by atoms with Crippen LogP contribution in [-0.2, 0) is 14.4 Å². The highest BCUT2D eigenvalue weighted by Gasteiger charge is 2.20. The Hall–Kier alpha value is -1.63. The predicted octanol–water partition coefficient (Wildman–Crippen LogP) is -1.97. The van der Waals surface area contributed by atoms with E-state index in [-0.39, 0.29) is 13.0 Å². The van der Waals surface area contributed by atoms with Gasteiger partial charge in [-0.3, -0.25) is 14.4 Å². The number of aliphatic carboxylic acids is 1. The van der Waals surface area contributed by atoms with Gasteiger partial charge in [-0.05, 0) is 0 Å². The van der Waals surface area contributed by atoms with Crippen molar-refractivity contribution in [3.63, 3.8) is 0 Å². The molecule has 1 unspecified atom stereocenters. The van der Waals surface area contributed by atoms with Crippen molar-refractivity contribution in [3.05, 3.63) is 0 Å². The Kier molecular flexibility index (Phi) is 5.32. The van der Waals surface area contributed by atoms with Gasteiger partial charge < -0.3 is 21.9 Å². The standard InChI is InChI=1S/C8H15N3O4/c1-4(8(14)15)2-6(12)11-5(3-9)7(10)13/h4-5H,2-3,9H2,1H3,(H2,10,13)(H,11,12)(H,14,15)/t4?,5-/m1/s1. The smallest absolute Gasteiger partial charge is 0.306 e. The van der Waals surface area contributed by atoms with Crippen LogP contribution in [0.5, 0.6) is 0 Å². The number of amides is 2. The van der Waals surface area contributed by atoms with Gasteiger partial charge in [0.05, 0.1) is 5.92 Å². The van der Waals surface area contributed by atoms with Crippen LogP contribution in [0.25, 0.3) is 0 Å². The second-order valence-corrected chi connectivity index (χ2v) is 3.20. The van der Waals surface area contributed by atoms with Crippen LogP contribution in [0.3, 0.4) is 0 Å². The zero-order chi connectivity index (χ0) is 12.0. The number of carboxylic acids is 1. The lowest BCUT2D eigenvalue weighted by Crippen LogP contribution is -2.49. The molecule has 2 atom stereocenters. The molecule has 0 heterocycles. The molecule has 0 rings (SSSR count). The van der Waals surface area contributed by atoms with Crippen molar-refractivity contribution < 1.29 is 19.5 Å². The maximum atomic E-state index is 11.2. The maximum absolute atomic E-state index is 11.2. The molecule has 0 radical (unpaired) electrons. The summed E-state index contributed by atoms with van der Waals surface area (Å²) in [6.45, 7) is 1.28. The summed E-state index contributed by atoms with van der Waals surface area (Å²) in [5, 5.41) is 10.8. The molecule has 0 spiro atoms. The molecule has 0 aliphatic heterocycles. The molecular formula is C8H15N3O4. The summed E-state index contributed by atoms with van der Waals surface area (Å²) in [5.74, 6) is -3.18. The van der Waals surface area contributed by atoms with Crippen molar-refractivity contribution in [2.75, 3.05) is 6.54 Å². The van der Waals surface area contributed by atoms with Gasteiger partial charge in [0.15, 0.2) is 0 Å². The van der Waals surface area contributed by atoms with E-state index in [1.807, 2.05) is 0 Å². The van der Waals surface area contributed by atoms with Crippen molar-refractivity contribution in [2.24, 2.45) is 17.4 Å². The maximum Gasteiger partial charge on any atom is 0.306 e. The Labute approximate surface area is 86.8 Å². The molecule has 86 valence electrons. The van der Waals surface area contributed by atoms with Crippen molar-refractivity contribution in [1.29, 1.82) is 0 Å². The van der Waals surface area contributed by atoms with Gasteiger partial charge in [0.25, 0.3) is 0 Å². The normalized spacial score (nSPS) is 14.0. The van der Waals surface area contributed by atoms with Crippen molar-refractivity contribution in [3.8, 4) is 0 Å². The van der Waals surface area contributed by atoms with Crippen LogP contribution < -0.4 is 16.8 Å². The third-order valence-electron chi connectivity index (χ3n) is 1.83. The number of hydrogen-bond acceptors (Lipinski definition) is 4. The molecule has 0 aliphatic carbocycles. The largest absolute Gasteiger partial charge is 0.481 e. The summed E-state index contributed by atoms with van der Waals surface area (Å²) in [7, 11) is 0. The van der Waals surface area contributed by atoms with Gasteiger partial charge in [0.2, 0.25) is 11.8 Å². The SMILES string of the molecule is CC(CC(=O)N[C@H](CN)C(N)=O)C(=O)O. The van der Waals surface area contributed by atoms with Gasteiger partial charge in [-0.25, -0.2) is 0 Å². The second-order valence-electron chi connectivity index (χ2n) is 3.20. The van der Waals surface area contributed by atoms with Crippen LogP contribution in [0.2, 0.25) is 0 Å². The minimum absolute atomic E-state index is 0.109. The van der Waals surface area contributed by atoms with Crippen LogP contribution in [0, 0.1) is 5.92 Å². The average Bonchev–Trinajstić information content (AvgIpc) is 2.13. The molecule has 0 aromatic carbocycles. The zero-order valence-electron chi connectivity index (χ0n) is 8.40. The van der Waals surface area contributed by atoms with Gasteiger partial charge >= 0.3 is 5.97 Å². The van der Waals surface area contributed by atoms with Gasteiger partial charge in [0.1, 0.15) is 6.04 Å². The van der Waals surface area contributed by atoms with Gasteiger partial charge in [0, 0.05) is 13.0 Å². The fourth-order valence-corrected chi connectivity index (χ4v) is 0.865. The van der Waals surface area contributed by atoms with Gasteiger partial charge in [-0.2, -0.15) is 0 Å². The third kappa shape index (κ3) is 4.96. The first kappa shape index (κ1) is 13.4. The van der Waals surface area contributed by atoms with Crippen LogP contribution in [0.4, 0.5) is 0 Å². The van der Waals surface area contributed by atoms with Crippen LogP contribution >= 0.6 is 0 Å². The van der Waals surface area contributed by atoms with Crippen LogP contribution in [0.1, 0.15) is 13.3 Å². The zero-order valence-corrected chi connectivity index (χ0v) is 8.40. The molecule has 7 nitrogen and oxygen atoms in total. The van der Waals surface area contributed by atoms with Gasteiger partial charge in [-0.15, -0.1) is 0 Å². The lowest BCUT2D eigenvalue weighted by Gasteiger charge is -2.13. The molecular weight excluding hydrogens is 202 g/mol. The number of nitrogens with two attached hydrogens (primary N) is 2. The van der Waals surface area contributed by atoms with Crippen LogP contribution in [0.15, 0.2) is 0 Å². The summed E-state index contributed by atoms with van der Waals surface area (Å²) < 4.78 is 0. The topological polar surface area (TPSA) is 136 Å². The highest BCUT2D eigenvalue weighted by atomic mass is 16.4. The molecule has 15 heavy (non-hydrogen) atoms. The van der Waals surface area contributed by atoms with E-state index in [9.17, 15) is 14.4 Å². The van der Waals surface area contributed by atoms with Crippen LogP contribution in [-0.4, -0.2) is 35.5 Å². The van der Waals surface area contributed by atoms with E-state index < -0.39 is 29.7 Å². The van der Waals surface area contributed by atoms with E-state index in [0.717, 1.165) is 0 Å². The number of carbonyl (C=O) groups excluding carboxylic acids is 2. The average molecular weight is 217 g/mol. The molecule has 7 heteroatoms. The highest BCUT2D eigenvalue weighted by molar-refractivity contribution is 5.88. The Bertz CT molecular complexity index is 267. The summed E-state index contributed by atoms with van der Waals surface area (Å²) in [6, 6.07) is -0.946. The highest BCUT2D eigenvalue weighted by Crippen LogP contribution is 2.01. The Morgan fingerprint density at radius 2 is 1.93 bits per heavy atom. The van der Waals surface area contributed by atoms with E-state index in [1.54, 1.807) is 0 Å². The third-order valence-corrected chi connectivity index (χ3v) is 1.83. The van der Waals surface area contributed by atoms with E-state index in [2.05, 4.69) is 5.32 Å². The number of carbonyl (C=O) groups is 3. The molecule has 2 amide bonds. The minimum Gasteiger partial charge on any atom is -0.481 e. The number of carboxylic acid groups (broad SMARTS) is 1. The first-order valence-corrected chi connectivity index (χ1v) is 4.40. The first-order valence-electron chi connectivity index (χ1n) is 4.40. The van der Waals surface area contributed by atoms with Crippen molar-refractivity contribution in [1.82, 2.24) is 5.32 Å². The monoisotopic (exact) mass is 217 g/mol. The van der Waals surface area contributed by atoms with E-state index in [4.69, 9.17) is 16.6 Å². The number of hydrogen-bond donors (Lipinski definition) is 4. The first-order chi connectivity index (χ1) is 6.88. The molecule has 6 N–H and O–H groups in total. The lowest BCUT2D eigenvalue weighted by molar-refractivity contribution is -0.143. The summed E-state index contributed by atoms with van der Waals surface area (Å²) in [5.41, 5.74) is 10.1. The fourth-order valence-electron chi connectivity index (χ4n) is 0.865. The van der Waals surface area contributed by atoms with E-state index in [0.29, 0.717) is 0 Å². The molecule has 0 saturated carbocycles. The van der Waals surface area contributed by atoms with Crippen molar-refractivity contribution in [2.45, 2.75) is 19.4 Å². The Morgan fingerprint density at radius 1 is 1.40 bits per heavy atom.